The minimum absolute atomic E-state index is 0.00401. The predicted octanol–water partition coefficient (Wildman–Crippen LogP) is 2.87. The number of amides is 1. The van der Waals surface area contributed by atoms with Gasteiger partial charge in [0.2, 0.25) is 15.9 Å². The molecule has 0 saturated carbocycles. The number of likely N-dealkylation sites (tertiary alicyclic amines) is 1. The SMILES string of the molecule is Cc1ccccc1CN1CCC(C(=O)Nc2ccc(S(=O)(=O)N3CCOCC3)cc2)CC1. The van der Waals surface area contributed by atoms with E-state index in [2.05, 4.69) is 41.4 Å². The van der Waals surface area contributed by atoms with E-state index >= 15 is 0 Å². The maximum atomic E-state index is 12.7. The van der Waals surface area contributed by atoms with E-state index in [1.54, 1.807) is 24.3 Å². The second-order valence-electron chi connectivity index (χ2n) is 8.51. The molecule has 0 bridgehead atoms. The molecule has 2 aliphatic heterocycles. The Hall–Kier alpha value is -2.26. The highest BCUT2D eigenvalue weighted by molar-refractivity contribution is 7.89. The van der Waals surface area contributed by atoms with E-state index in [4.69, 9.17) is 4.74 Å². The predicted molar refractivity (Wildman–Crippen MR) is 124 cm³/mol. The Bertz CT molecular complexity index is 1030. The van der Waals surface area contributed by atoms with Crippen LogP contribution in [0.15, 0.2) is 53.4 Å². The van der Waals surface area contributed by atoms with Gasteiger partial charge in [0.15, 0.2) is 0 Å². The fourth-order valence-corrected chi connectivity index (χ4v) is 5.68. The van der Waals surface area contributed by atoms with Gasteiger partial charge in [-0.25, -0.2) is 8.42 Å². The van der Waals surface area contributed by atoms with Gasteiger partial charge in [0, 0.05) is 31.2 Å². The molecular formula is C24H31N3O4S. The van der Waals surface area contributed by atoms with Crippen molar-refractivity contribution in [3.63, 3.8) is 0 Å². The Morgan fingerprint density at radius 2 is 1.66 bits per heavy atom. The first-order chi connectivity index (χ1) is 15.4. The molecule has 2 aromatic rings. The number of aryl methyl sites for hydroxylation is 1. The number of piperidine rings is 1. The maximum Gasteiger partial charge on any atom is 0.243 e. The van der Waals surface area contributed by atoms with E-state index < -0.39 is 10.0 Å². The van der Waals surface area contributed by atoms with Crippen LogP contribution in [0.1, 0.15) is 24.0 Å². The van der Waals surface area contributed by atoms with Gasteiger partial charge in [0.25, 0.3) is 0 Å². The van der Waals surface area contributed by atoms with Crippen LogP contribution in [0.25, 0.3) is 0 Å². The molecule has 2 aromatic carbocycles. The number of sulfonamides is 1. The topological polar surface area (TPSA) is 79.0 Å². The minimum atomic E-state index is -3.53. The van der Waals surface area contributed by atoms with E-state index in [-0.39, 0.29) is 16.7 Å². The number of carbonyl (C=O) groups is 1. The summed E-state index contributed by atoms with van der Waals surface area (Å²) in [4.78, 5) is 15.4. The second-order valence-corrected chi connectivity index (χ2v) is 10.4. The summed E-state index contributed by atoms with van der Waals surface area (Å²) < 4.78 is 32.1. The number of nitrogens with one attached hydrogen (secondary N) is 1. The number of anilines is 1. The number of hydrogen-bond acceptors (Lipinski definition) is 5. The van der Waals surface area contributed by atoms with Crippen molar-refractivity contribution in [3.05, 3.63) is 59.7 Å². The lowest BCUT2D eigenvalue weighted by Crippen LogP contribution is -2.40. The van der Waals surface area contributed by atoms with Crippen molar-refractivity contribution in [2.45, 2.75) is 31.2 Å². The van der Waals surface area contributed by atoms with Crippen LogP contribution in [-0.4, -0.2) is 62.9 Å². The normalized spacial score (nSPS) is 19.0. The van der Waals surface area contributed by atoms with Crippen LogP contribution in [0.5, 0.6) is 0 Å². The molecule has 1 N–H and O–H groups in total. The van der Waals surface area contributed by atoms with Crippen molar-refractivity contribution in [1.29, 1.82) is 0 Å². The first-order valence-corrected chi connectivity index (χ1v) is 12.6. The van der Waals surface area contributed by atoms with Crippen molar-refractivity contribution < 1.29 is 17.9 Å². The van der Waals surface area contributed by atoms with Gasteiger partial charge in [-0.2, -0.15) is 4.31 Å². The fourth-order valence-electron chi connectivity index (χ4n) is 4.27. The molecule has 7 nitrogen and oxygen atoms in total. The molecule has 0 atom stereocenters. The van der Waals surface area contributed by atoms with Gasteiger partial charge in [0.1, 0.15) is 0 Å². The van der Waals surface area contributed by atoms with Gasteiger partial charge in [-0.15, -0.1) is 0 Å². The molecule has 0 aliphatic carbocycles. The van der Waals surface area contributed by atoms with E-state index in [9.17, 15) is 13.2 Å². The quantitative estimate of drug-likeness (QED) is 0.722. The van der Waals surface area contributed by atoms with Crippen molar-refractivity contribution >= 4 is 21.6 Å². The zero-order chi connectivity index (χ0) is 22.6. The van der Waals surface area contributed by atoms with Crippen LogP contribution < -0.4 is 5.32 Å². The lowest BCUT2D eigenvalue weighted by atomic mass is 9.95. The molecule has 0 spiro atoms. The molecule has 0 radical (unpaired) electrons. The standard InChI is InChI=1S/C24H31N3O4S/c1-19-4-2-3-5-21(19)18-26-12-10-20(11-13-26)24(28)25-22-6-8-23(9-7-22)32(29,30)27-14-16-31-17-15-27/h2-9,20H,10-18H2,1H3,(H,25,28). The lowest BCUT2D eigenvalue weighted by molar-refractivity contribution is -0.121. The fraction of sp³-hybridized carbons (Fsp3) is 0.458. The number of benzene rings is 2. The van der Waals surface area contributed by atoms with Crippen LogP contribution in [0.2, 0.25) is 0 Å². The highest BCUT2D eigenvalue weighted by Crippen LogP contribution is 2.23. The Balaban J connectivity index is 1.29. The number of nitrogens with zero attached hydrogens (tertiary/aromatic N) is 2. The zero-order valence-corrected chi connectivity index (χ0v) is 19.3. The monoisotopic (exact) mass is 457 g/mol. The molecule has 8 heteroatoms. The summed E-state index contributed by atoms with van der Waals surface area (Å²) in [7, 11) is -3.53. The van der Waals surface area contributed by atoms with Gasteiger partial charge < -0.3 is 10.1 Å². The van der Waals surface area contributed by atoms with Crippen LogP contribution in [0, 0.1) is 12.8 Å². The Kier molecular flexibility index (Phi) is 7.25. The summed E-state index contributed by atoms with van der Waals surface area (Å²) in [6, 6.07) is 14.9. The highest BCUT2D eigenvalue weighted by atomic mass is 32.2. The Morgan fingerprint density at radius 3 is 2.31 bits per heavy atom. The Morgan fingerprint density at radius 1 is 1.00 bits per heavy atom. The van der Waals surface area contributed by atoms with Crippen LogP contribution in [-0.2, 0) is 26.1 Å². The highest BCUT2D eigenvalue weighted by Gasteiger charge is 2.27. The molecule has 0 aromatic heterocycles. The number of morpholine rings is 1. The molecule has 1 amide bonds. The molecular weight excluding hydrogens is 426 g/mol. The molecule has 2 heterocycles. The summed E-state index contributed by atoms with van der Waals surface area (Å²) in [5.74, 6) is -0.0239. The molecule has 2 saturated heterocycles. The Labute approximate surface area is 190 Å². The van der Waals surface area contributed by atoms with Gasteiger partial charge in [0.05, 0.1) is 18.1 Å². The molecule has 2 aliphatic rings. The first-order valence-electron chi connectivity index (χ1n) is 11.2. The van der Waals surface area contributed by atoms with E-state index in [1.165, 1.54) is 15.4 Å². The van der Waals surface area contributed by atoms with E-state index in [1.807, 2.05) is 0 Å². The smallest absolute Gasteiger partial charge is 0.243 e. The maximum absolute atomic E-state index is 12.7. The van der Waals surface area contributed by atoms with E-state index in [0.29, 0.717) is 32.0 Å². The van der Waals surface area contributed by atoms with E-state index in [0.717, 1.165) is 32.5 Å². The average molecular weight is 458 g/mol. The lowest BCUT2D eigenvalue weighted by Gasteiger charge is -2.31. The van der Waals surface area contributed by atoms with Gasteiger partial charge >= 0.3 is 0 Å². The number of rotatable bonds is 6. The van der Waals surface area contributed by atoms with Crippen molar-refractivity contribution in [2.75, 3.05) is 44.7 Å². The molecule has 2 fully saturated rings. The third kappa shape index (κ3) is 5.38. The zero-order valence-electron chi connectivity index (χ0n) is 18.5. The molecule has 32 heavy (non-hydrogen) atoms. The van der Waals surface area contributed by atoms with Crippen LogP contribution in [0.4, 0.5) is 5.69 Å². The van der Waals surface area contributed by atoms with Crippen LogP contribution in [0.3, 0.4) is 0 Å². The second kappa shape index (κ2) is 10.1. The first kappa shape index (κ1) is 22.9. The number of carbonyl (C=O) groups excluding carboxylic acids is 1. The molecule has 0 unspecified atom stereocenters. The summed E-state index contributed by atoms with van der Waals surface area (Å²) in [5, 5.41) is 2.96. The van der Waals surface area contributed by atoms with Crippen molar-refractivity contribution in [3.8, 4) is 0 Å². The number of hydrogen-bond donors (Lipinski definition) is 1. The van der Waals surface area contributed by atoms with Crippen molar-refractivity contribution in [2.24, 2.45) is 5.92 Å². The number of ether oxygens (including phenoxy) is 1. The van der Waals surface area contributed by atoms with Gasteiger partial charge in [-0.3, -0.25) is 9.69 Å². The molecule has 4 rings (SSSR count). The third-order valence-corrected chi connectivity index (χ3v) is 8.26. The van der Waals surface area contributed by atoms with Crippen molar-refractivity contribution in [1.82, 2.24) is 9.21 Å². The van der Waals surface area contributed by atoms with Gasteiger partial charge in [-0.05, 0) is 68.2 Å². The minimum Gasteiger partial charge on any atom is -0.379 e. The van der Waals surface area contributed by atoms with Crippen LogP contribution >= 0.6 is 0 Å². The summed E-state index contributed by atoms with van der Waals surface area (Å²) in [6.07, 6.45) is 1.64. The largest absolute Gasteiger partial charge is 0.379 e. The average Bonchev–Trinajstić information content (AvgIpc) is 2.82. The summed E-state index contributed by atoms with van der Waals surface area (Å²) >= 11 is 0. The summed E-state index contributed by atoms with van der Waals surface area (Å²) in [6.45, 7) is 6.39. The van der Waals surface area contributed by atoms with Gasteiger partial charge in [-0.1, -0.05) is 24.3 Å². The summed E-state index contributed by atoms with van der Waals surface area (Å²) in [5.41, 5.74) is 3.26. The molecule has 172 valence electrons. The third-order valence-electron chi connectivity index (χ3n) is 6.34.